The van der Waals surface area contributed by atoms with Gasteiger partial charge in [-0.05, 0) is 41.8 Å². The van der Waals surface area contributed by atoms with Crippen molar-refractivity contribution in [1.29, 1.82) is 0 Å². The molecule has 0 atom stereocenters. The Bertz CT molecular complexity index is 1220. The average molecular weight is 458 g/mol. The Hall–Kier alpha value is -3.02. The molecule has 2 aromatic heterocycles. The Morgan fingerprint density at radius 2 is 1.90 bits per heavy atom. The lowest BCUT2D eigenvalue weighted by Crippen LogP contribution is -2.22. The summed E-state index contributed by atoms with van der Waals surface area (Å²) in [5.41, 5.74) is 2.38. The molecular weight excluding hydrogens is 440 g/mol. The van der Waals surface area contributed by atoms with Gasteiger partial charge < -0.3 is 4.74 Å². The number of anilines is 1. The number of halogens is 4. The predicted octanol–water partition coefficient (Wildman–Crippen LogP) is 4.10. The van der Waals surface area contributed by atoms with Crippen molar-refractivity contribution in [2.24, 2.45) is 0 Å². The Morgan fingerprint density at radius 3 is 2.55 bits per heavy atom. The Kier molecular flexibility index (Phi) is 6.30. The number of nitrogens with one attached hydrogen (secondary N) is 1. The number of nitrogens with zero attached hydrogens (tertiary/aromatic N) is 3. The Labute approximate surface area is 175 Å². The van der Waals surface area contributed by atoms with Crippen LogP contribution in [0.3, 0.4) is 0 Å². The van der Waals surface area contributed by atoms with Gasteiger partial charge in [-0.25, -0.2) is 18.4 Å². The first kappa shape index (κ1) is 22.7. The van der Waals surface area contributed by atoms with Crippen LogP contribution < -0.4 is 9.46 Å². The summed E-state index contributed by atoms with van der Waals surface area (Å²) >= 11 is 0. The van der Waals surface area contributed by atoms with Crippen LogP contribution in [0.2, 0.25) is 0 Å². The average Bonchev–Trinajstić information content (AvgIpc) is 2.71. The van der Waals surface area contributed by atoms with E-state index in [9.17, 15) is 26.0 Å². The van der Waals surface area contributed by atoms with E-state index in [1.165, 1.54) is 25.4 Å². The zero-order valence-corrected chi connectivity index (χ0v) is 17.3. The molecule has 0 radical (unpaired) electrons. The van der Waals surface area contributed by atoms with Gasteiger partial charge in [0, 0.05) is 17.1 Å². The molecule has 12 heteroatoms. The quantitative estimate of drug-likeness (QED) is 0.423. The molecule has 2 heterocycles. The van der Waals surface area contributed by atoms with E-state index in [0.29, 0.717) is 28.5 Å². The molecule has 0 fully saturated rings. The van der Waals surface area contributed by atoms with Crippen molar-refractivity contribution in [3.05, 3.63) is 42.1 Å². The van der Waals surface area contributed by atoms with Crippen LogP contribution in [-0.4, -0.2) is 42.4 Å². The number of aryl methyl sites for hydroxylation is 1. The molecule has 0 aliphatic rings. The molecule has 1 aromatic carbocycles. The van der Waals surface area contributed by atoms with Gasteiger partial charge in [0.15, 0.2) is 0 Å². The Morgan fingerprint density at radius 1 is 1.16 bits per heavy atom. The van der Waals surface area contributed by atoms with E-state index in [-0.39, 0.29) is 11.7 Å². The Balaban J connectivity index is 1.96. The molecule has 0 aliphatic carbocycles. The number of sulfonamides is 1. The van der Waals surface area contributed by atoms with Crippen LogP contribution in [0.4, 0.5) is 23.4 Å². The lowest BCUT2D eigenvalue weighted by Gasteiger charge is -2.13. The number of alkyl halides is 3. The third-order valence-corrected chi connectivity index (χ3v) is 5.65. The summed E-state index contributed by atoms with van der Waals surface area (Å²) in [7, 11) is -2.93. The summed E-state index contributed by atoms with van der Waals surface area (Å²) in [6.07, 6.45) is -4.99. The largest absolute Gasteiger partial charge is 0.480 e. The fourth-order valence-electron chi connectivity index (χ4n) is 2.96. The number of fused-ring (bicyclic) bond motifs is 1. The number of benzene rings is 1. The van der Waals surface area contributed by atoms with Crippen molar-refractivity contribution >= 4 is 26.7 Å². The molecule has 0 unspecified atom stereocenters. The van der Waals surface area contributed by atoms with Gasteiger partial charge in [0.05, 0.1) is 24.8 Å². The van der Waals surface area contributed by atoms with Crippen molar-refractivity contribution in [3.8, 4) is 17.0 Å². The van der Waals surface area contributed by atoms with E-state index >= 15 is 0 Å². The van der Waals surface area contributed by atoms with Gasteiger partial charge in [-0.1, -0.05) is 6.92 Å². The van der Waals surface area contributed by atoms with E-state index in [1.54, 1.807) is 12.1 Å². The highest BCUT2D eigenvalue weighted by atomic mass is 32.2. The SMILES string of the molecule is CCc1cc(-c2ccc(NS(=O)(=O)CCC(F)(F)F)nc2OC)cc2cnc(F)nc12. The summed E-state index contributed by atoms with van der Waals surface area (Å²) in [5, 5.41) is 0.592. The van der Waals surface area contributed by atoms with Gasteiger partial charge >= 0.3 is 12.3 Å². The van der Waals surface area contributed by atoms with E-state index in [1.807, 2.05) is 11.6 Å². The van der Waals surface area contributed by atoms with E-state index in [4.69, 9.17) is 4.74 Å². The molecule has 3 aromatic rings. The second kappa shape index (κ2) is 8.61. The van der Waals surface area contributed by atoms with Crippen molar-refractivity contribution in [3.63, 3.8) is 0 Å². The highest BCUT2D eigenvalue weighted by Crippen LogP contribution is 2.33. The van der Waals surface area contributed by atoms with Crippen molar-refractivity contribution in [2.45, 2.75) is 25.9 Å². The predicted molar refractivity (Wildman–Crippen MR) is 107 cm³/mol. The lowest BCUT2D eigenvalue weighted by atomic mass is 9.99. The minimum Gasteiger partial charge on any atom is -0.480 e. The molecule has 31 heavy (non-hydrogen) atoms. The van der Waals surface area contributed by atoms with Crippen LogP contribution in [-0.2, 0) is 16.4 Å². The van der Waals surface area contributed by atoms with Crippen molar-refractivity contribution in [1.82, 2.24) is 15.0 Å². The minimum atomic E-state index is -4.59. The molecule has 7 nitrogen and oxygen atoms in total. The van der Waals surface area contributed by atoms with Crippen LogP contribution in [0.1, 0.15) is 18.9 Å². The van der Waals surface area contributed by atoms with Gasteiger partial charge in [0.1, 0.15) is 5.82 Å². The molecule has 1 N–H and O–H groups in total. The monoisotopic (exact) mass is 458 g/mol. The normalized spacial score (nSPS) is 12.2. The molecule has 3 rings (SSSR count). The molecule has 0 saturated heterocycles. The summed E-state index contributed by atoms with van der Waals surface area (Å²) in [6, 6.07) is 6.33. The van der Waals surface area contributed by atoms with Gasteiger partial charge in [-0.3, -0.25) is 4.72 Å². The maximum atomic E-state index is 13.4. The first-order valence-corrected chi connectivity index (χ1v) is 10.7. The second-order valence-electron chi connectivity index (χ2n) is 6.61. The molecule has 0 aliphatic heterocycles. The molecular formula is C19H18F4N4O3S. The van der Waals surface area contributed by atoms with Gasteiger partial charge in [-0.2, -0.15) is 22.5 Å². The summed E-state index contributed by atoms with van der Waals surface area (Å²) < 4.78 is 81.5. The number of aromatic nitrogens is 3. The number of hydrogen-bond donors (Lipinski definition) is 1. The zero-order valence-electron chi connectivity index (χ0n) is 16.5. The smallest absolute Gasteiger partial charge is 0.390 e. The third kappa shape index (κ3) is 5.57. The van der Waals surface area contributed by atoms with Crippen molar-refractivity contribution < 1.29 is 30.7 Å². The number of hydrogen-bond acceptors (Lipinski definition) is 6. The van der Waals surface area contributed by atoms with Crippen LogP contribution in [0.15, 0.2) is 30.5 Å². The van der Waals surface area contributed by atoms with E-state index < -0.39 is 34.5 Å². The molecule has 0 saturated carbocycles. The maximum Gasteiger partial charge on any atom is 0.390 e. The molecule has 0 amide bonds. The molecule has 166 valence electrons. The van der Waals surface area contributed by atoms with Crippen LogP contribution in [0.5, 0.6) is 5.88 Å². The second-order valence-corrected chi connectivity index (χ2v) is 8.45. The fraction of sp³-hybridized carbons (Fsp3) is 0.316. The number of ether oxygens (including phenoxy) is 1. The molecule has 0 spiro atoms. The van der Waals surface area contributed by atoms with Crippen LogP contribution in [0.25, 0.3) is 22.0 Å². The third-order valence-electron chi connectivity index (χ3n) is 4.39. The van der Waals surface area contributed by atoms with E-state index in [2.05, 4.69) is 15.0 Å². The number of rotatable bonds is 7. The van der Waals surface area contributed by atoms with Crippen molar-refractivity contribution in [2.75, 3.05) is 17.6 Å². The standard InChI is InChI=1S/C19H18F4N4O3S/c1-3-11-8-12(9-13-10-24-18(20)26-16(11)13)14-4-5-15(25-17(14)30-2)27-31(28,29)7-6-19(21,22)23/h4-5,8-10H,3,6-7H2,1-2H3,(H,25,27). The van der Waals surface area contributed by atoms with Crippen LogP contribution in [0, 0.1) is 6.08 Å². The highest BCUT2D eigenvalue weighted by molar-refractivity contribution is 7.92. The maximum absolute atomic E-state index is 13.4. The van der Waals surface area contributed by atoms with Gasteiger partial charge in [0.25, 0.3) is 0 Å². The summed E-state index contributed by atoms with van der Waals surface area (Å²) in [4.78, 5) is 11.5. The van der Waals surface area contributed by atoms with Gasteiger partial charge in [0.2, 0.25) is 15.9 Å². The number of methoxy groups -OCH3 is 1. The van der Waals surface area contributed by atoms with Crippen LogP contribution >= 0.6 is 0 Å². The first-order valence-electron chi connectivity index (χ1n) is 9.09. The fourth-order valence-corrected chi connectivity index (χ4v) is 3.99. The highest BCUT2D eigenvalue weighted by Gasteiger charge is 2.30. The minimum absolute atomic E-state index is 0.0560. The topological polar surface area (TPSA) is 94.1 Å². The van der Waals surface area contributed by atoms with E-state index in [0.717, 1.165) is 5.56 Å². The van der Waals surface area contributed by atoms with Gasteiger partial charge in [-0.15, -0.1) is 0 Å². The first-order chi connectivity index (χ1) is 14.5. The zero-order chi connectivity index (χ0) is 22.8. The summed E-state index contributed by atoms with van der Waals surface area (Å²) in [5.74, 6) is -1.24. The lowest BCUT2D eigenvalue weighted by molar-refractivity contribution is -0.129. The number of pyridine rings is 1. The summed E-state index contributed by atoms with van der Waals surface area (Å²) in [6.45, 7) is 1.88. The molecule has 0 bridgehead atoms.